The maximum atomic E-state index is 11.7. The molecule has 0 saturated heterocycles. The van der Waals surface area contributed by atoms with Crippen LogP contribution in [0.15, 0.2) is 22.7 Å². The van der Waals surface area contributed by atoms with Crippen molar-refractivity contribution in [1.82, 2.24) is 5.32 Å². The Bertz CT molecular complexity index is 398. The zero-order valence-electron chi connectivity index (χ0n) is 9.89. The topological polar surface area (TPSA) is 41.1 Å². The number of carbonyl (C=O) groups is 1. The standard InChI is InChI=1S/C12H16BrClN2O/c1-3-6-15-12(17)8(2)16-11-5-4-9(14)7-10(11)13/h4-5,7-8,16H,3,6H2,1-2H3,(H,15,17). The Morgan fingerprint density at radius 2 is 2.24 bits per heavy atom. The zero-order chi connectivity index (χ0) is 12.8. The van der Waals surface area contributed by atoms with Gasteiger partial charge in [0.25, 0.3) is 0 Å². The molecule has 0 aromatic heterocycles. The van der Waals surface area contributed by atoms with E-state index in [1.165, 1.54) is 0 Å². The van der Waals surface area contributed by atoms with Crippen molar-refractivity contribution in [2.24, 2.45) is 0 Å². The molecule has 94 valence electrons. The Labute approximate surface area is 115 Å². The van der Waals surface area contributed by atoms with E-state index in [9.17, 15) is 4.79 Å². The summed E-state index contributed by atoms with van der Waals surface area (Å²) < 4.78 is 0.847. The van der Waals surface area contributed by atoms with Gasteiger partial charge in [0.15, 0.2) is 0 Å². The highest BCUT2D eigenvalue weighted by Crippen LogP contribution is 2.26. The van der Waals surface area contributed by atoms with Crippen molar-refractivity contribution in [2.45, 2.75) is 26.3 Å². The molecular formula is C12H16BrClN2O. The molecule has 1 amide bonds. The average Bonchev–Trinajstić information content (AvgIpc) is 2.29. The largest absolute Gasteiger partial charge is 0.373 e. The second-order valence-electron chi connectivity index (χ2n) is 3.78. The maximum Gasteiger partial charge on any atom is 0.242 e. The van der Waals surface area contributed by atoms with Crippen molar-refractivity contribution in [3.63, 3.8) is 0 Å². The van der Waals surface area contributed by atoms with Gasteiger partial charge in [0, 0.05) is 21.7 Å². The van der Waals surface area contributed by atoms with E-state index in [1.807, 2.05) is 19.9 Å². The average molecular weight is 320 g/mol. The number of benzene rings is 1. The molecule has 0 aliphatic rings. The quantitative estimate of drug-likeness (QED) is 0.873. The van der Waals surface area contributed by atoms with Crippen LogP contribution in [0.5, 0.6) is 0 Å². The number of nitrogens with one attached hydrogen (secondary N) is 2. The molecule has 0 heterocycles. The minimum Gasteiger partial charge on any atom is -0.373 e. The fourth-order valence-corrected chi connectivity index (χ4v) is 2.10. The zero-order valence-corrected chi connectivity index (χ0v) is 12.2. The minimum absolute atomic E-state index is 0.00583. The summed E-state index contributed by atoms with van der Waals surface area (Å²) in [6, 6.07) is 5.14. The Morgan fingerprint density at radius 1 is 1.53 bits per heavy atom. The molecule has 0 spiro atoms. The van der Waals surface area contributed by atoms with Gasteiger partial charge in [-0.15, -0.1) is 0 Å². The number of halogens is 2. The lowest BCUT2D eigenvalue weighted by Crippen LogP contribution is -2.37. The Hall–Kier alpha value is -0.740. The van der Waals surface area contributed by atoms with E-state index >= 15 is 0 Å². The lowest BCUT2D eigenvalue weighted by atomic mass is 10.2. The molecular weight excluding hydrogens is 304 g/mol. The van der Waals surface area contributed by atoms with E-state index in [0.29, 0.717) is 11.6 Å². The van der Waals surface area contributed by atoms with Crippen molar-refractivity contribution in [3.8, 4) is 0 Å². The SMILES string of the molecule is CCCNC(=O)C(C)Nc1ccc(Cl)cc1Br. The smallest absolute Gasteiger partial charge is 0.242 e. The first kappa shape index (κ1) is 14.3. The number of anilines is 1. The van der Waals surface area contributed by atoms with Gasteiger partial charge in [-0.05, 0) is 47.5 Å². The monoisotopic (exact) mass is 318 g/mol. The predicted molar refractivity (Wildman–Crippen MR) is 75.5 cm³/mol. The van der Waals surface area contributed by atoms with Crippen LogP contribution in [0.3, 0.4) is 0 Å². The molecule has 5 heteroatoms. The number of rotatable bonds is 5. The second-order valence-corrected chi connectivity index (χ2v) is 5.07. The summed E-state index contributed by atoms with van der Waals surface area (Å²) in [5.74, 6) is -0.00583. The summed E-state index contributed by atoms with van der Waals surface area (Å²) >= 11 is 9.25. The first-order valence-corrected chi connectivity index (χ1v) is 6.71. The van der Waals surface area contributed by atoms with Crippen LogP contribution in [-0.4, -0.2) is 18.5 Å². The molecule has 2 N–H and O–H groups in total. The van der Waals surface area contributed by atoms with Crippen LogP contribution in [0.25, 0.3) is 0 Å². The molecule has 0 saturated carbocycles. The van der Waals surface area contributed by atoms with Gasteiger partial charge >= 0.3 is 0 Å². The molecule has 1 unspecified atom stereocenters. The van der Waals surface area contributed by atoms with Crippen molar-refractivity contribution >= 4 is 39.1 Å². The third-order valence-electron chi connectivity index (χ3n) is 2.25. The van der Waals surface area contributed by atoms with Crippen LogP contribution in [0.2, 0.25) is 5.02 Å². The fourth-order valence-electron chi connectivity index (χ4n) is 1.31. The predicted octanol–water partition coefficient (Wildman–Crippen LogP) is 3.43. The summed E-state index contributed by atoms with van der Waals surface area (Å²) in [7, 11) is 0. The summed E-state index contributed by atoms with van der Waals surface area (Å²) in [4.78, 5) is 11.7. The summed E-state index contributed by atoms with van der Waals surface area (Å²) in [6.45, 7) is 4.55. The van der Waals surface area contributed by atoms with Crippen LogP contribution in [0.1, 0.15) is 20.3 Å². The van der Waals surface area contributed by atoms with Gasteiger partial charge in [0.1, 0.15) is 6.04 Å². The molecule has 0 fully saturated rings. The molecule has 0 bridgehead atoms. The second kappa shape index (κ2) is 6.87. The van der Waals surface area contributed by atoms with Crippen LogP contribution < -0.4 is 10.6 Å². The Kier molecular flexibility index (Phi) is 5.78. The highest BCUT2D eigenvalue weighted by atomic mass is 79.9. The third kappa shape index (κ3) is 4.56. The summed E-state index contributed by atoms with van der Waals surface area (Å²) in [5.41, 5.74) is 0.855. The fraction of sp³-hybridized carbons (Fsp3) is 0.417. The van der Waals surface area contributed by atoms with E-state index in [0.717, 1.165) is 16.6 Å². The number of hydrogen-bond acceptors (Lipinski definition) is 2. The normalized spacial score (nSPS) is 12.0. The van der Waals surface area contributed by atoms with E-state index < -0.39 is 0 Å². The van der Waals surface area contributed by atoms with Gasteiger partial charge < -0.3 is 10.6 Å². The van der Waals surface area contributed by atoms with Crippen molar-refractivity contribution in [1.29, 1.82) is 0 Å². The maximum absolute atomic E-state index is 11.7. The highest BCUT2D eigenvalue weighted by Gasteiger charge is 2.12. The highest BCUT2D eigenvalue weighted by molar-refractivity contribution is 9.10. The molecule has 17 heavy (non-hydrogen) atoms. The molecule has 1 aromatic carbocycles. The van der Waals surface area contributed by atoms with Crippen molar-refractivity contribution in [3.05, 3.63) is 27.7 Å². The van der Waals surface area contributed by atoms with Crippen LogP contribution >= 0.6 is 27.5 Å². The number of amides is 1. The lowest BCUT2D eigenvalue weighted by molar-refractivity contribution is -0.121. The molecule has 1 atom stereocenters. The van der Waals surface area contributed by atoms with Crippen molar-refractivity contribution < 1.29 is 4.79 Å². The summed E-state index contributed by atoms with van der Waals surface area (Å²) in [6.07, 6.45) is 0.934. The first-order valence-electron chi connectivity index (χ1n) is 5.54. The van der Waals surface area contributed by atoms with E-state index in [2.05, 4.69) is 26.6 Å². The van der Waals surface area contributed by atoms with Gasteiger partial charge in [-0.1, -0.05) is 18.5 Å². The van der Waals surface area contributed by atoms with Crippen LogP contribution in [0, 0.1) is 0 Å². The number of hydrogen-bond donors (Lipinski definition) is 2. The first-order chi connectivity index (χ1) is 8.04. The molecule has 1 aromatic rings. The van der Waals surface area contributed by atoms with Gasteiger partial charge in [0.2, 0.25) is 5.91 Å². The van der Waals surface area contributed by atoms with Gasteiger partial charge in [-0.3, -0.25) is 4.79 Å². The van der Waals surface area contributed by atoms with Gasteiger partial charge in [-0.2, -0.15) is 0 Å². The minimum atomic E-state index is -0.279. The molecule has 3 nitrogen and oxygen atoms in total. The van der Waals surface area contributed by atoms with Crippen LogP contribution in [-0.2, 0) is 4.79 Å². The summed E-state index contributed by atoms with van der Waals surface area (Å²) in [5, 5.41) is 6.63. The molecule has 0 aliphatic carbocycles. The van der Waals surface area contributed by atoms with Gasteiger partial charge in [0.05, 0.1) is 0 Å². The number of carbonyl (C=O) groups excluding carboxylic acids is 1. The molecule has 0 radical (unpaired) electrons. The van der Waals surface area contributed by atoms with E-state index in [1.54, 1.807) is 12.1 Å². The lowest BCUT2D eigenvalue weighted by Gasteiger charge is -2.16. The van der Waals surface area contributed by atoms with E-state index in [4.69, 9.17) is 11.6 Å². The van der Waals surface area contributed by atoms with Crippen molar-refractivity contribution in [2.75, 3.05) is 11.9 Å². The molecule has 0 aliphatic heterocycles. The Morgan fingerprint density at radius 3 is 2.82 bits per heavy atom. The van der Waals surface area contributed by atoms with E-state index in [-0.39, 0.29) is 11.9 Å². The van der Waals surface area contributed by atoms with Gasteiger partial charge in [-0.25, -0.2) is 0 Å². The third-order valence-corrected chi connectivity index (χ3v) is 3.14. The molecule has 1 rings (SSSR count). The Balaban J connectivity index is 2.61. The van der Waals surface area contributed by atoms with Crippen LogP contribution in [0.4, 0.5) is 5.69 Å².